The smallest absolute Gasteiger partial charge is 0.0618 e. The molecule has 3 atom stereocenters. The van der Waals surface area contributed by atoms with Gasteiger partial charge in [0.1, 0.15) is 0 Å². The van der Waals surface area contributed by atoms with Crippen LogP contribution in [0.4, 0.5) is 11.4 Å². The summed E-state index contributed by atoms with van der Waals surface area (Å²) in [6, 6.07) is 4.11. The Labute approximate surface area is 119 Å². The molecule has 0 aromatic heterocycles. The Kier molecular flexibility index (Phi) is 3.98. The van der Waals surface area contributed by atoms with E-state index in [9.17, 15) is 0 Å². The van der Waals surface area contributed by atoms with E-state index in [4.69, 9.17) is 28.9 Å². The molecule has 1 aromatic rings. The Morgan fingerprint density at radius 1 is 1.17 bits per heavy atom. The van der Waals surface area contributed by atoms with Crippen LogP contribution in [0, 0.1) is 11.8 Å². The molecular formula is C14H20Cl2N2. The van der Waals surface area contributed by atoms with Crippen molar-refractivity contribution in [1.82, 2.24) is 0 Å². The molecule has 4 heteroatoms. The number of hydrogen-bond acceptors (Lipinski definition) is 2. The molecule has 0 aliphatic carbocycles. The van der Waals surface area contributed by atoms with Crippen LogP contribution in [0.25, 0.3) is 0 Å². The highest BCUT2D eigenvalue weighted by Gasteiger charge is 2.30. The van der Waals surface area contributed by atoms with E-state index in [1.807, 2.05) is 6.07 Å². The van der Waals surface area contributed by atoms with Gasteiger partial charge in [0.15, 0.2) is 0 Å². The van der Waals surface area contributed by atoms with E-state index in [1.54, 1.807) is 6.07 Å². The van der Waals surface area contributed by atoms with Gasteiger partial charge in [0.05, 0.1) is 21.4 Å². The van der Waals surface area contributed by atoms with Crippen LogP contribution < -0.4 is 10.6 Å². The summed E-state index contributed by atoms with van der Waals surface area (Å²) in [6.45, 7) is 7.84. The van der Waals surface area contributed by atoms with Crippen molar-refractivity contribution in [3.8, 4) is 0 Å². The minimum atomic E-state index is 0.473. The lowest BCUT2D eigenvalue weighted by atomic mass is 9.85. The number of anilines is 2. The summed E-state index contributed by atoms with van der Waals surface area (Å²) < 4.78 is 0. The summed E-state index contributed by atoms with van der Waals surface area (Å²) in [5, 5.41) is 1.09. The van der Waals surface area contributed by atoms with Gasteiger partial charge in [-0.25, -0.2) is 0 Å². The third-order valence-corrected chi connectivity index (χ3v) is 4.70. The molecule has 100 valence electrons. The van der Waals surface area contributed by atoms with Gasteiger partial charge in [0, 0.05) is 12.6 Å². The molecular weight excluding hydrogens is 267 g/mol. The maximum absolute atomic E-state index is 6.11. The van der Waals surface area contributed by atoms with Crippen LogP contribution in [0.15, 0.2) is 12.1 Å². The summed E-state index contributed by atoms with van der Waals surface area (Å²) in [4.78, 5) is 2.36. The topological polar surface area (TPSA) is 29.3 Å². The summed E-state index contributed by atoms with van der Waals surface area (Å²) in [7, 11) is 0. The third-order valence-electron chi connectivity index (χ3n) is 3.98. The number of benzene rings is 1. The monoisotopic (exact) mass is 286 g/mol. The van der Waals surface area contributed by atoms with Crippen molar-refractivity contribution < 1.29 is 0 Å². The van der Waals surface area contributed by atoms with Crippen molar-refractivity contribution >= 4 is 34.6 Å². The van der Waals surface area contributed by atoms with Gasteiger partial charge in [-0.05, 0) is 37.3 Å². The van der Waals surface area contributed by atoms with Gasteiger partial charge in [-0.1, -0.05) is 37.0 Å². The zero-order chi connectivity index (χ0) is 13.4. The van der Waals surface area contributed by atoms with Crippen molar-refractivity contribution in [2.24, 2.45) is 11.8 Å². The number of piperidine rings is 1. The van der Waals surface area contributed by atoms with Gasteiger partial charge in [-0.2, -0.15) is 0 Å². The van der Waals surface area contributed by atoms with Gasteiger partial charge < -0.3 is 10.6 Å². The predicted molar refractivity (Wildman–Crippen MR) is 80.6 cm³/mol. The molecule has 18 heavy (non-hydrogen) atoms. The molecule has 1 aromatic carbocycles. The predicted octanol–water partition coefficient (Wildman–Crippen LogP) is 4.45. The van der Waals surface area contributed by atoms with Gasteiger partial charge in [-0.15, -0.1) is 0 Å². The lowest BCUT2D eigenvalue weighted by molar-refractivity contribution is 0.297. The van der Waals surface area contributed by atoms with E-state index < -0.39 is 0 Å². The quantitative estimate of drug-likeness (QED) is 0.773. The second kappa shape index (κ2) is 5.18. The van der Waals surface area contributed by atoms with E-state index in [1.165, 1.54) is 6.42 Å². The van der Waals surface area contributed by atoms with Crippen LogP contribution in [0.3, 0.4) is 0 Å². The van der Waals surface area contributed by atoms with Crippen molar-refractivity contribution in [3.63, 3.8) is 0 Å². The van der Waals surface area contributed by atoms with Crippen molar-refractivity contribution in [2.45, 2.75) is 33.2 Å². The molecule has 0 bridgehead atoms. The van der Waals surface area contributed by atoms with Gasteiger partial charge in [-0.3, -0.25) is 0 Å². The maximum atomic E-state index is 6.11. The Hall–Kier alpha value is -0.600. The number of nitrogens with two attached hydrogens (primary N) is 1. The minimum absolute atomic E-state index is 0.473. The Bertz CT molecular complexity index is 448. The molecule has 1 heterocycles. The first-order chi connectivity index (χ1) is 8.40. The molecule has 1 aliphatic rings. The van der Waals surface area contributed by atoms with Crippen molar-refractivity contribution in [2.75, 3.05) is 17.2 Å². The Morgan fingerprint density at radius 2 is 1.78 bits per heavy atom. The van der Waals surface area contributed by atoms with E-state index in [-0.39, 0.29) is 0 Å². The number of nitrogens with zero attached hydrogens (tertiary/aromatic N) is 1. The first-order valence-electron chi connectivity index (χ1n) is 6.41. The summed E-state index contributed by atoms with van der Waals surface area (Å²) in [5.74, 6) is 1.33. The van der Waals surface area contributed by atoms with Gasteiger partial charge in [0.25, 0.3) is 0 Å². The first kappa shape index (κ1) is 13.8. The highest BCUT2D eigenvalue weighted by molar-refractivity contribution is 6.42. The molecule has 2 N–H and O–H groups in total. The number of nitrogen functional groups attached to an aromatic ring is 1. The second-order valence-corrected chi connectivity index (χ2v) is 6.35. The lowest BCUT2D eigenvalue weighted by Crippen LogP contribution is -2.46. The summed E-state index contributed by atoms with van der Waals surface area (Å²) >= 11 is 12.1. The van der Waals surface area contributed by atoms with Crippen LogP contribution in [0.1, 0.15) is 27.2 Å². The standard InChI is InChI=1S/C14H20Cl2N2/c1-8-4-9(2)10(3)18(7-8)14-6-12(16)11(15)5-13(14)17/h5-6,8-10H,4,7,17H2,1-3H3. The lowest BCUT2D eigenvalue weighted by Gasteiger charge is -2.43. The highest BCUT2D eigenvalue weighted by atomic mass is 35.5. The summed E-state index contributed by atoms with van der Waals surface area (Å²) in [6.07, 6.45) is 1.26. The van der Waals surface area contributed by atoms with Crippen LogP contribution >= 0.6 is 23.2 Å². The van der Waals surface area contributed by atoms with E-state index in [0.717, 1.165) is 12.2 Å². The number of hydrogen-bond donors (Lipinski definition) is 1. The molecule has 2 rings (SSSR count). The molecule has 0 spiro atoms. The molecule has 1 saturated heterocycles. The number of rotatable bonds is 1. The molecule has 3 unspecified atom stereocenters. The van der Waals surface area contributed by atoms with Crippen LogP contribution in [0.2, 0.25) is 10.0 Å². The van der Waals surface area contributed by atoms with Crippen molar-refractivity contribution in [3.05, 3.63) is 22.2 Å². The van der Waals surface area contributed by atoms with E-state index in [0.29, 0.717) is 33.6 Å². The molecule has 1 aliphatic heterocycles. The van der Waals surface area contributed by atoms with Crippen LogP contribution in [0.5, 0.6) is 0 Å². The summed E-state index contributed by atoms with van der Waals surface area (Å²) in [5.41, 5.74) is 7.81. The molecule has 2 nitrogen and oxygen atoms in total. The third kappa shape index (κ3) is 2.55. The van der Waals surface area contributed by atoms with E-state index in [2.05, 4.69) is 25.7 Å². The fraction of sp³-hybridized carbons (Fsp3) is 0.571. The Balaban J connectivity index is 2.38. The van der Waals surface area contributed by atoms with Crippen molar-refractivity contribution in [1.29, 1.82) is 0 Å². The fourth-order valence-electron chi connectivity index (χ4n) is 2.83. The zero-order valence-corrected chi connectivity index (χ0v) is 12.6. The van der Waals surface area contributed by atoms with Crippen LogP contribution in [-0.4, -0.2) is 12.6 Å². The van der Waals surface area contributed by atoms with Crippen LogP contribution in [-0.2, 0) is 0 Å². The minimum Gasteiger partial charge on any atom is -0.397 e. The largest absolute Gasteiger partial charge is 0.397 e. The first-order valence-corrected chi connectivity index (χ1v) is 7.17. The maximum Gasteiger partial charge on any atom is 0.0618 e. The molecule has 0 saturated carbocycles. The average molecular weight is 287 g/mol. The Morgan fingerprint density at radius 3 is 2.44 bits per heavy atom. The van der Waals surface area contributed by atoms with E-state index >= 15 is 0 Å². The van der Waals surface area contributed by atoms with Gasteiger partial charge in [0.2, 0.25) is 0 Å². The van der Waals surface area contributed by atoms with Gasteiger partial charge >= 0.3 is 0 Å². The SMILES string of the molecule is CC1CC(C)C(C)N(c2cc(Cl)c(Cl)cc2N)C1. The molecule has 1 fully saturated rings. The fourth-order valence-corrected chi connectivity index (χ4v) is 3.16. The highest BCUT2D eigenvalue weighted by Crippen LogP contribution is 2.38. The molecule has 0 radical (unpaired) electrons. The molecule has 0 amide bonds. The second-order valence-electron chi connectivity index (χ2n) is 5.54. The average Bonchev–Trinajstić information content (AvgIpc) is 2.29. The zero-order valence-electron chi connectivity index (χ0n) is 11.1. The normalized spacial score (nSPS) is 28.5. The number of halogens is 2.